The molecule has 2 aliphatic carbocycles. The van der Waals surface area contributed by atoms with Gasteiger partial charge < -0.3 is 11.5 Å². The van der Waals surface area contributed by atoms with Crippen LogP contribution in [-0.4, -0.2) is 20.8 Å². The zero-order chi connectivity index (χ0) is 12.7. The van der Waals surface area contributed by atoms with Crippen LogP contribution in [0.4, 0.5) is 0 Å². The molecule has 0 amide bonds. The largest absolute Gasteiger partial charge is 0.328 e. The van der Waals surface area contributed by atoms with E-state index in [0.717, 1.165) is 12.8 Å². The van der Waals surface area contributed by atoms with Crippen LogP contribution in [0, 0.1) is 11.8 Å². The third kappa shape index (κ3) is 4.08. The molecule has 0 heterocycles. The summed E-state index contributed by atoms with van der Waals surface area (Å²) in [6, 6.07) is 0.287. The molecule has 0 unspecified atom stereocenters. The number of rotatable bonds is 2. The second kappa shape index (κ2) is 4.99. The van der Waals surface area contributed by atoms with Gasteiger partial charge in [0.1, 0.15) is 8.67 Å². The fourth-order valence-corrected chi connectivity index (χ4v) is 3.07. The lowest BCUT2D eigenvalue weighted by Gasteiger charge is -2.01. The van der Waals surface area contributed by atoms with Gasteiger partial charge in [0.2, 0.25) is 0 Å². The molecule has 4 N–H and O–H groups in total. The maximum absolute atomic E-state index is 5.69. The Morgan fingerprint density at radius 3 is 1.06 bits per heavy atom. The van der Waals surface area contributed by atoms with Crippen molar-refractivity contribution in [3.8, 4) is 0 Å². The van der Waals surface area contributed by atoms with Gasteiger partial charge in [0.05, 0.1) is 0 Å². The fraction of sp³-hybridized carbons (Fsp3) is 1.00. The third-order valence-corrected chi connectivity index (χ3v) is 4.76. The van der Waals surface area contributed by atoms with Crippen LogP contribution in [0.25, 0.3) is 0 Å². The molecular weight excluding hydrogens is 290 g/mol. The maximum Gasteiger partial charge on any atom is 0.123 e. The summed E-state index contributed by atoms with van der Waals surface area (Å²) in [5.41, 5.74) is 11.0. The summed E-state index contributed by atoms with van der Waals surface area (Å²) in [5, 5.41) is 0. The number of hydrogen-bond donors (Lipinski definition) is 2. The lowest BCUT2D eigenvalue weighted by Crippen LogP contribution is -2.20. The van der Waals surface area contributed by atoms with Gasteiger partial charge in [-0.05, 0) is 26.7 Å². The van der Waals surface area contributed by atoms with E-state index in [2.05, 4.69) is 0 Å². The highest BCUT2D eigenvalue weighted by Gasteiger charge is 2.53. The zero-order valence-electron chi connectivity index (χ0n) is 9.39. The molecule has 2 rings (SSSR count). The van der Waals surface area contributed by atoms with Crippen LogP contribution in [0.1, 0.15) is 26.7 Å². The van der Waals surface area contributed by atoms with E-state index in [-0.39, 0.29) is 12.1 Å². The summed E-state index contributed by atoms with van der Waals surface area (Å²) in [6.07, 6.45) is 1.71. The van der Waals surface area contributed by atoms with Gasteiger partial charge in [0.25, 0.3) is 0 Å². The number of halogens is 4. The molecule has 0 bridgehead atoms. The lowest BCUT2D eigenvalue weighted by atomic mass is 10.2. The molecule has 0 saturated heterocycles. The molecule has 2 fully saturated rings. The third-order valence-electron chi connectivity index (χ3n) is 3.02. The Morgan fingerprint density at radius 1 is 0.875 bits per heavy atom. The van der Waals surface area contributed by atoms with Gasteiger partial charge in [-0.2, -0.15) is 0 Å². The minimum absolute atomic E-state index is 0.144. The molecule has 0 radical (unpaired) electrons. The molecule has 0 aromatic heterocycles. The fourth-order valence-electron chi connectivity index (χ4n) is 1.61. The molecule has 4 atom stereocenters. The standard InChI is InChI=1S/2C5H9Cl2N/c2*1-3(8)4-2-5(4,6)7/h2*3-4H,2,8H2,1H3/t3-,4+;3-,4-/m00/s1. The van der Waals surface area contributed by atoms with Crippen LogP contribution < -0.4 is 11.5 Å². The van der Waals surface area contributed by atoms with Crippen LogP contribution in [0.2, 0.25) is 0 Å². The molecule has 0 aromatic rings. The molecule has 0 aromatic carbocycles. The van der Waals surface area contributed by atoms with Crippen molar-refractivity contribution in [2.45, 2.75) is 47.4 Å². The van der Waals surface area contributed by atoms with Crippen molar-refractivity contribution in [3.63, 3.8) is 0 Å². The lowest BCUT2D eigenvalue weighted by molar-refractivity contribution is 0.643. The summed E-state index contributed by atoms with van der Waals surface area (Å²) in [6.45, 7) is 3.86. The Bertz CT molecular complexity index is 227. The van der Waals surface area contributed by atoms with E-state index in [1.54, 1.807) is 0 Å². The summed E-state index contributed by atoms with van der Waals surface area (Å²) < 4.78 is -0.984. The zero-order valence-corrected chi connectivity index (χ0v) is 12.4. The second-order valence-corrected chi connectivity index (χ2v) is 7.95. The first-order chi connectivity index (χ1) is 7.08. The van der Waals surface area contributed by atoms with Crippen LogP contribution in [-0.2, 0) is 0 Å². The van der Waals surface area contributed by atoms with E-state index in [1.165, 1.54) is 0 Å². The minimum Gasteiger partial charge on any atom is -0.328 e. The monoisotopic (exact) mass is 306 g/mol. The van der Waals surface area contributed by atoms with Gasteiger partial charge in [0, 0.05) is 23.9 Å². The molecule has 0 spiro atoms. The van der Waals surface area contributed by atoms with Gasteiger partial charge in [-0.1, -0.05) is 0 Å². The van der Waals surface area contributed by atoms with Crippen molar-refractivity contribution in [1.29, 1.82) is 0 Å². The molecule has 2 nitrogen and oxygen atoms in total. The predicted molar refractivity (Wildman–Crippen MR) is 72.4 cm³/mol. The van der Waals surface area contributed by atoms with Crippen molar-refractivity contribution in [3.05, 3.63) is 0 Å². The summed E-state index contributed by atoms with van der Waals surface area (Å²) in [5.74, 6) is 0.650. The SMILES string of the molecule is C[C@H](N)[C@@H]1CC1(Cl)Cl.C[C@H](N)[C@H]1CC1(Cl)Cl. The highest BCUT2D eigenvalue weighted by atomic mass is 35.5. The van der Waals surface area contributed by atoms with Crippen molar-refractivity contribution in [2.24, 2.45) is 23.3 Å². The van der Waals surface area contributed by atoms with Crippen LogP contribution in [0.3, 0.4) is 0 Å². The van der Waals surface area contributed by atoms with Crippen LogP contribution in [0.5, 0.6) is 0 Å². The molecule has 2 saturated carbocycles. The van der Waals surface area contributed by atoms with Gasteiger partial charge in [-0.15, -0.1) is 46.4 Å². The molecule has 16 heavy (non-hydrogen) atoms. The smallest absolute Gasteiger partial charge is 0.123 e. The van der Waals surface area contributed by atoms with Crippen molar-refractivity contribution in [2.75, 3.05) is 0 Å². The molecular formula is C10H18Cl4N2. The van der Waals surface area contributed by atoms with Crippen molar-refractivity contribution >= 4 is 46.4 Å². The minimum atomic E-state index is -0.492. The highest BCUT2D eigenvalue weighted by Crippen LogP contribution is 2.54. The summed E-state index contributed by atoms with van der Waals surface area (Å²) >= 11 is 22.8. The Morgan fingerprint density at radius 2 is 1.06 bits per heavy atom. The Labute approximate surface area is 117 Å². The normalized spacial score (nSPS) is 36.8. The van der Waals surface area contributed by atoms with Gasteiger partial charge >= 0.3 is 0 Å². The Hall–Kier alpha value is 1.08. The number of alkyl halides is 4. The van der Waals surface area contributed by atoms with E-state index in [0.29, 0.717) is 11.8 Å². The first-order valence-corrected chi connectivity index (χ1v) is 6.86. The van der Waals surface area contributed by atoms with E-state index in [4.69, 9.17) is 57.9 Å². The molecule has 96 valence electrons. The Kier molecular flexibility index (Phi) is 4.72. The van der Waals surface area contributed by atoms with E-state index in [1.807, 2.05) is 13.8 Å². The first kappa shape index (κ1) is 15.1. The highest BCUT2D eigenvalue weighted by molar-refractivity contribution is 6.51. The molecule has 6 heteroatoms. The van der Waals surface area contributed by atoms with Crippen LogP contribution in [0.15, 0.2) is 0 Å². The van der Waals surface area contributed by atoms with E-state index >= 15 is 0 Å². The summed E-state index contributed by atoms with van der Waals surface area (Å²) in [7, 11) is 0. The second-order valence-electron chi connectivity index (χ2n) is 4.86. The molecule has 0 aliphatic heterocycles. The number of nitrogens with two attached hydrogens (primary N) is 2. The van der Waals surface area contributed by atoms with Gasteiger partial charge in [0.15, 0.2) is 0 Å². The van der Waals surface area contributed by atoms with Crippen LogP contribution >= 0.6 is 46.4 Å². The topological polar surface area (TPSA) is 52.0 Å². The number of hydrogen-bond acceptors (Lipinski definition) is 2. The van der Waals surface area contributed by atoms with E-state index in [9.17, 15) is 0 Å². The average molecular weight is 308 g/mol. The molecule has 2 aliphatic rings. The van der Waals surface area contributed by atoms with Crippen molar-refractivity contribution < 1.29 is 0 Å². The average Bonchev–Trinajstić information content (AvgIpc) is 2.89. The predicted octanol–water partition coefficient (Wildman–Crippen LogP) is 3.05. The quantitative estimate of drug-likeness (QED) is 0.770. The maximum atomic E-state index is 5.69. The summed E-state index contributed by atoms with van der Waals surface area (Å²) in [4.78, 5) is 0. The Balaban J connectivity index is 0.000000160. The first-order valence-electron chi connectivity index (χ1n) is 5.34. The van der Waals surface area contributed by atoms with Gasteiger partial charge in [-0.3, -0.25) is 0 Å². The van der Waals surface area contributed by atoms with Gasteiger partial charge in [-0.25, -0.2) is 0 Å². The van der Waals surface area contributed by atoms with E-state index < -0.39 is 8.67 Å². The van der Waals surface area contributed by atoms with Crippen molar-refractivity contribution in [1.82, 2.24) is 0 Å².